The molecule has 0 radical (unpaired) electrons. The van der Waals surface area contributed by atoms with Crippen molar-refractivity contribution in [2.75, 3.05) is 0 Å². The predicted molar refractivity (Wildman–Crippen MR) is 74.4 cm³/mol. The predicted octanol–water partition coefficient (Wildman–Crippen LogP) is 4.10. The van der Waals surface area contributed by atoms with E-state index in [1.54, 1.807) is 11.8 Å². The summed E-state index contributed by atoms with van der Waals surface area (Å²) >= 11 is 1.78. The summed E-state index contributed by atoms with van der Waals surface area (Å²) in [5, 5.41) is 0. The van der Waals surface area contributed by atoms with Gasteiger partial charge in [0.25, 0.3) is 0 Å². The Bertz CT molecular complexity index is 631. The van der Waals surface area contributed by atoms with Crippen LogP contribution in [0.25, 0.3) is 0 Å². The second-order valence-electron chi connectivity index (χ2n) is 4.75. The van der Waals surface area contributed by atoms with E-state index in [9.17, 15) is 4.79 Å². The van der Waals surface area contributed by atoms with Crippen molar-refractivity contribution in [1.29, 1.82) is 0 Å². The highest BCUT2D eigenvalue weighted by Crippen LogP contribution is 2.46. The van der Waals surface area contributed by atoms with Crippen LogP contribution in [0, 0.1) is 13.8 Å². The van der Waals surface area contributed by atoms with Crippen LogP contribution in [-0.4, -0.2) is 6.29 Å². The summed E-state index contributed by atoms with van der Waals surface area (Å²) in [4.78, 5) is 13.9. The van der Waals surface area contributed by atoms with Crippen LogP contribution >= 0.6 is 11.8 Å². The van der Waals surface area contributed by atoms with Crippen LogP contribution in [0.15, 0.2) is 46.2 Å². The third-order valence-electron chi connectivity index (χ3n) is 3.38. The number of carbonyl (C=O) groups excluding carboxylic acids is 1. The number of aryl methyl sites for hydroxylation is 2. The summed E-state index contributed by atoms with van der Waals surface area (Å²) in [6.45, 7) is 4.20. The van der Waals surface area contributed by atoms with Gasteiger partial charge in [-0.25, -0.2) is 0 Å². The maximum absolute atomic E-state index is 11.5. The first-order valence-corrected chi connectivity index (χ1v) is 6.85. The average Bonchev–Trinajstić information content (AvgIpc) is 2.36. The van der Waals surface area contributed by atoms with Crippen molar-refractivity contribution >= 4 is 18.0 Å². The lowest BCUT2D eigenvalue weighted by molar-refractivity contribution is -0.108. The van der Waals surface area contributed by atoms with Gasteiger partial charge in [0.2, 0.25) is 0 Å². The van der Waals surface area contributed by atoms with Gasteiger partial charge in [-0.3, -0.25) is 0 Å². The van der Waals surface area contributed by atoms with Crippen LogP contribution in [0.4, 0.5) is 0 Å². The zero-order valence-electron chi connectivity index (χ0n) is 10.4. The molecule has 1 unspecified atom stereocenters. The van der Waals surface area contributed by atoms with Crippen molar-refractivity contribution in [3.05, 3.63) is 58.7 Å². The molecule has 0 amide bonds. The minimum absolute atomic E-state index is 0.115. The van der Waals surface area contributed by atoms with E-state index in [0.717, 1.165) is 17.4 Å². The Kier molecular flexibility index (Phi) is 2.75. The molecule has 0 fully saturated rings. The lowest BCUT2D eigenvalue weighted by Gasteiger charge is -2.26. The Morgan fingerprint density at radius 2 is 1.89 bits per heavy atom. The van der Waals surface area contributed by atoms with Crippen LogP contribution in [-0.2, 0) is 4.79 Å². The maximum Gasteiger partial charge on any atom is 0.131 e. The molecule has 0 saturated carbocycles. The number of fused-ring (bicyclic) bond motifs is 2. The average molecular weight is 254 g/mol. The maximum atomic E-state index is 11.5. The molecular formula is C16H14OS. The lowest BCUT2D eigenvalue weighted by atomic mass is 9.90. The number of benzene rings is 2. The summed E-state index contributed by atoms with van der Waals surface area (Å²) in [5.41, 5.74) is 4.77. The van der Waals surface area contributed by atoms with Crippen molar-refractivity contribution in [1.82, 2.24) is 0 Å². The molecule has 0 aromatic heterocycles. The number of hydrogen-bond acceptors (Lipinski definition) is 2. The first kappa shape index (κ1) is 11.5. The molecule has 0 saturated heterocycles. The van der Waals surface area contributed by atoms with E-state index in [-0.39, 0.29) is 5.92 Å². The molecule has 2 heteroatoms. The minimum Gasteiger partial charge on any atom is -0.302 e. The summed E-state index contributed by atoms with van der Waals surface area (Å²) < 4.78 is 0. The fourth-order valence-corrected chi connectivity index (χ4v) is 3.82. The van der Waals surface area contributed by atoms with Gasteiger partial charge in [0.1, 0.15) is 6.29 Å². The highest BCUT2D eigenvalue weighted by molar-refractivity contribution is 7.99. The lowest BCUT2D eigenvalue weighted by Crippen LogP contribution is -2.10. The number of rotatable bonds is 1. The third-order valence-corrected chi connectivity index (χ3v) is 4.74. The van der Waals surface area contributed by atoms with Gasteiger partial charge in [0.15, 0.2) is 0 Å². The number of hydrogen-bond donors (Lipinski definition) is 0. The fourth-order valence-electron chi connectivity index (χ4n) is 2.61. The molecule has 0 spiro atoms. The molecule has 0 N–H and O–H groups in total. The van der Waals surface area contributed by atoms with E-state index in [2.05, 4.69) is 38.1 Å². The van der Waals surface area contributed by atoms with Gasteiger partial charge in [0, 0.05) is 9.79 Å². The van der Waals surface area contributed by atoms with Crippen LogP contribution < -0.4 is 0 Å². The Hall–Kier alpha value is -1.54. The fraction of sp³-hybridized carbons (Fsp3) is 0.188. The highest BCUT2D eigenvalue weighted by Gasteiger charge is 2.26. The van der Waals surface area contributed by atoms with E-state index >= 15 is 0 Å². The van der Waals surface area contributed by atoms with Gasteiger partial charge >= 0.3 is 0 Å². The molecular weight excluding hydrogens is 240 g/mol. The van der Waals surface area contributed by atoms with Gasteiger partial charge in [-0.1, -0.05) is 47.7 Å². The molecule has 1 atom stereocenters. The number of aldehydes is 1. The van der Waals surface area contributed by atoms with Crippen molar-refractivity contribution in [2.24, 2.45) is 0 Å². The van der Waals surface area contributed by atoms with Gasteiger partial charge in [-0.15, -0.1) is 0 Å². The van der Waals surface area contributed by atoms with Crippen LogP contribution in [0.3, 0.4) is 0 Å². The second kappa shape index (κ2) is 4.29. The van der Waals surface area contributed by atoms with Crippen LogP contribution in [0.1, 0.15) is 28.2 Å². The summed E-state index contributed by atoms with van der Waals surface area (Å²) in [7, 11) is 0. The Labute approximate surface area is 111 Å². The topological polar surface area (TPSA) is 17.1 Å². The Balaban J connectivity index is 2.27. The van der Waals surface area contributed by atoms with Crippen molar-refractivity contribution in [3.63, 3.8) is 0 Å². The minimum atomic E-state index is -0.115. The normalized spacial score (nSPS) is 16.9. The zero-order valence-corrected chi connectivity index (χ0v) is 11.3. The summed E-state index contributed by atoms with van der Waals surface area (Å²) in [5.74, 6) is -0.115. The Morgan fingerprint density at radius 3 is 2.67 bits per heavy atom. The van der Waals surface area contributed by atoms with E-state index in [1.807, 2.05) is 12.1 Å². The van der Waals surface area contributed by atoms with Crippen molar-refractivity contribution in [2.45, 2.75) is 29.6 Å². The molecule has 1 aliphatic rings. The molecule has 2 aromatic rings. The van der Waals surface area contributed by atoms with Gasteiger partial charge < -0.3 is 4.79 Å². The molecule has 90 valence electrons. The largest absolute Gasteiger partial charge is 0.302 e. The smallest absolute Gasteiger partial charge is 0.131 e. The van der Waals surface area contributed by atoms with E-state index in [0.29, 0.717) is 0 Å². The molecule has 0 aliphatic carbocycles. The second-order valence-corrected chi connectivity index (χ2v) is 5.81. The number of carbonyl (C=O) groups is 1. The van der Waals surface area contributed by atoms with E-state index < -0.39 is 0 Å². The van der Waals surface area contributed by atoms with Gasteiger partial charge in [-0.2, -0.15) is 0 Å². The molecule has 3 rings (SSSR count). The van der Waals surface area contributed by atoms with Crippen LogP contribution in [0.2, 0.25) is 0 Å². The van der Waals surface area contributed by atoms with E-state index in [1.165, 1.54) is 20.9 Å². The molecule has 2 aromatic carbocycles. The molecule has 0 bridgehead atoms. The third kappa shape index (κ3) is 1.68. The molecule has 1 nitrogen and oxygen atoms in total. The molecule has 1 heterocycles. The van der Waals surface area contributed by atoms with Crippen molar-refractivity contribution in [3.8, 4) is 0 Å². The SMILES string of the molecule is Cc1cc(C)c2c(c1)C(C=O)c1ccccc1S2. The van der Waals surface area contributed by atoms with Crippen LogP contribution in [0.5, 0.6) is 0 Å². The zero-order chi connectivity index (χ0) is 12.7. The monoisotopic (exact) mass is 254 g/mol. The van der Waals surface area contributed by atoms with E-state index in [4.69, 9.17) is 0 Å². The van der Waals surface area contributed by atoms with Gasteiger partial charge in [-0.05, 0) is 36.6 Å². The quantitative estimate of drug-likeness (QED) is 0.713. The Morgan fingerprint density at radius 1 is 1.11 bits per heavy atom. The van der Waals surface area contributed by atoms with Crippen molar-refractivity contribution < 1.29 is 4.79 Å². The standard InChI is InChI=1S/C16H14OS/c1-10-7-11(2)16-13(8-10)14(9-17)12-5-3-4-6-15(12)18-16/h3-9,14H,1-2H3. The van der Waals surface area contributed by atoms with Gasteiger partial charge in [0.05, 0.1) is 5.92 Å². The summed E-state index contributed by atoms with van der Waals surface area (Å²) in [6.07, 6.45) is 1.07. The summed E-state index contributed by atoms with van der Waals surface area (Å²) in [6, 6.07) is 12.5. The first-order chi connectivity index (χ1) is 8.70. The highest BCUT2D eigenvalue weighted by atomic mass is 32.2. The molecule has 1 aliphatic heterocycles. The molecule has 18 heavy (non-hydrogen) atoms. The first-order valence-electron chi connectivity index (χ1n) is 6.04.